The molecule has 0 aliphatic rings. The summed E-state index contributed by atoms with van der Waals surface area (Å²) in [5.74, 6) is -1.85. The molecular weight excluding hydrogens is 651 g/mol. The normalized spacial score (nSPS) is 10.4. The lowest BCUT2D eigenvalue weighted by molar-refractivity contribution is 0.259. The molecule has 0 radical (unpaired) electrons. The highest BCUT2D eigenvalue weighted by molar-refractivity contribution is 6.58. The summed E-state index contributed by atoms with van der Waals surface area (Å²) >= 11 is 0. The predicted molar refractivity (Wildman–Crippen MR) is 171 cm³/mol. The zero-order chi connectivity index (χ0) is 35.3. The van der Waals surface area contributed by atoms with Crippen molar-refractivity contribution in [3.8, 4) is 22.8 Å². The Balaban J connectivity index is 0.000000179. The van der Waals surface area contributed by atoms with E-state index in [9.17, 15) is 17.6 Å². The van der Waals surface area contributed by atoms with E-state index in [1.807, 2.05) is 18.2 Å². The molecule has 0 aliphatic carbocycles. The van der Waals surface area contributed by atoms with Gasteiger partial charge in [-0.25, -0.2) is 17.6 Å². The first-order valence-electron chi connectivity index (χ1n) is 14.3. The molecule has 254 valence electrons. The van der Waals surface area contributed by atoms with Crippen LogP contribution in [0.5, 0.6) is 0 Å². The molecule has 6 aromatic rings. The van der Waals surface area contributed by atoms with E-state index in [0.717, 1.165) is 42.0 Å². The lowest BCUT2D eigenvalue weighted by Crippen LogP contribution is -2.32. The number of nitrogen functional groups attached to an aromatic ring is 1. The van der Waals surface area contributed by atoms with Gasteiger partial charge in [0, 0.05) is 34.0 Å². The molecule has 14 nitrogen and oxygen atoms in total. The average molecular weight is 680 g/mol. The van der Waals surface area contributed by atoms with E-state index in [-0.39, 0.29) is 25.4 Å². The summed E-state index contributed by atoms with van der Waals surface area (Å²) in [6.45, 7) is 0.436. The maximum atomic E-state index is 13.8. The molecule has 19 heteroatoms. The van der Waals surface area contributed by atoms with Crippen molar-refractivity contribution >= 4 is 29.6 Å². The van der Waals surface area contributed by atoms with Crippen LogP contribution >= 0.6 is 0 Å². The van der Waals surface area contributed by atoms with E-state index >= 15 is 0 Å². The zero-order valence-electron chi connectivity index (χ0n) is 25.4. The number of hydrogen-bond acceptors (Lipinski definition) is 12. The van der Waals surface area contributed by atoms with Crippen molar-refractivity contribution in [1.29, 1.82) is 0 Å². The van der Waals surface area contributed by atoms with Gasteiger partial charge in [-0.15, -0.1) is 20.4 Å². The van der Waals surface area contributed by atoms with Gasteiger partial charge in [-0.1, -0.05) is 24.3 Å². The first-order valence-corrected chi connectivity index (χ1v) is 14.3. The maximum Gasteiger partial charge on any atom is 0.491 e. The Morgan fingerprint density at radius 3 is 1.76 bits per heavy atom. The average Bonchev–Trinajstić information content (AvgIpc) is 3.75. The molecule has 7 N–H and O–H groups in total. The van der Waals surface area contributed by atoms with Crippen LogP contribution < -0.4 is 16.5 Å². The van der Waals surface area contributed by atoms with Crippen molar-refractivity contribution in [2.75, 3.05) is 24.3 Å². The number of aromatic nitrogens is 8. The predicted octanol–water partition coefficient (Wildman–Crippen LogP) is 1.91. The zero-order valence-corrected chi connectivity index (χ0v) is 25.4. The summed E-state index contributed by atoms with van der Waals surface area (Å²) in [5, 5.41) is 61.0. The van der Waals surface area contributed by atoms with Crippen molar-refractivity contribution in [2.45, 2.75) is 13.1 Å². The number of nitrogens with two attached hydrogens (primary N) is 1. The van der Waals surface area contributed by atoms with Crippen LogP contribution in [0.4, 0.5) is 34.6 Å². The van der Waals surface area contributed by atoms with Gasteiger partial charge in [0.15, 0.2) is 0 Å². The molecule has 0 bridgehead atoms. The third-order valence-corrected chi connectivity index (χ3v) is 6.31. The third-order valence-electron chi connectivity index (χ3n) is 6.31. The van der Waals surface area contributed by atoms with E-state index in [4.69, 9.17) is 26.0 Å². The quantitative estimate of drug-likeness (QED) is 0.0736. The summed E-state index contributed by atoms with van der Waals surface area (Å²) in [4.78, 5) is 2.59. The molecule has 0 saturated carbocycles. The highest BCUT2D eigenvalue weighted by atomic mass is 19.1. The molecule has 0 aliphatic heterocycles. The molecule has 4 aromatic carbocycles. The highest BCUT2D eigenvalue weighted by Crippen LogP contribution is 2.29. The van der Waals surface area contributed by atoms with Crippen LogP contribution in [0.25, 0.3) is 22.8 Å². The van der Waals surface area contributed by atoms with Crippen LogP contribution in [-0.2, 0) is 13.1 Å². The Bertz CT molecular complexity index is 1960. The number of nitrogens with zero attached hydrogens (tertiary/aromatic N) is 8. The number of aliphatic hydroxyl groups is 2. The summed E-state index contributed by atoms with van der Waals surface area (Å²) in [6, 6.07) is 19.9. The first kappa shape index (κ1) is 36.1. The van der Waals surface area contributed by atoms with Crippen LogP contribution in [0.2, 0.25) is 0 Å². The number of aliphatic hydroxyl groups excluding tert-OH is 2. The lowest BCUT2D eigenvalue weighted by Gasteiger charge is -2.10. The number of para-hydroxylation sites is 2. The first-order chi connectivity index (χ1) is 23.6. The van der Waals surface area contributed by atoms with Gasteiger partial charge in [-0.3, -0.25) is 0 Å². The van der Waals surface area contributed by atoms with Gasteiger partial charge in [-0.05, 0) is 65.0 Å². The lowest BCUT2D eigenvalue weighted by atomic mass is 9.80. The number of anilines is 3. The molecular formula is C30H29BF4N10O4. The molecule has 0 amide bonds. The standard InChI is InChI=1S/C15H13F2N5O.C9H11N5O.C6H5BF2O2/c16-10-5-6-12(17)14(9-10)18-13-4-2-1-3-11(13)15-19-21-22(20-15)7-8-23;10-8-4-2-1-3-7(8)9-11-13-14(12-9)5-6-15;8-4-1-2-6(9)5(3-4)7(10)11/h1-6,9,18,23H,7-8H2;1-4,15H,5-6,10H2;1-3,10-11H. The number of benzene rings is 4. The van der Waals surface area contributed by atoms with Crippen LogP contribution in [0.3, 0.4) is 0 Å². The molecule has 6 rings (SSSR count). The monoisotopic (exact) mass is 680 g/mol. The molecule has 0 fully saturated rings. The number of nitrogens with one attached hydrogen (secondary N) is 1. The van der Waals surface area contributed by atoms with E-state index in [1.54, 1.807) is 30.3 Å². The van der Waals surface area contributed by atoms with Gasteiger partial charge in [0.05, 0.1) is 32.0 Å². The highest BCUT2D eigenvalue weighted by Gasteiger charge is 2.17. The summed E-state index contributed by atoms with van der Waals surface area (Å²) < 4.78 is 51.9. The second-order valence-electron chi connectivity index (χ2n) is 9.79. The summed E-state index contributed by atoms with van der Waals surface area (Å²) in [7, 11) is -1.97. The minimum absolute atomic E-state index is 0.0138. The van der Waals surface area contributed by atoms with E-state index in [1.165, 1.54) is 9.59 Å². The third kappa shape index (κ3) is 10.1. The van der Waals surface area contributed by atoms with E-state index in [0.29, 0.717) is 35.1 Å². The van der Waals surface area contributed by atoms with Crippen molar-refractivity contribution in [2.24, 2.45) is 0 Å². The second-order valence-corrected chi connectivity index (χ2v) is 9.79. The fourth-order valence-electron chi connectivity index (χ4n) is 4.01. The van der Waals surface area contributed by atoms with Crippen molar-refractivity contribution < 1.29 is 37.8 Å². The van der Waals surface area contributed by atoms with Gasteiger partial charge in [0.1, 0.15) is 23.3 Å². The molecule has 49 heavy (non-hydrogen) atoms. The molecule has 0 atom stereocenters. The maximum absolute atomic E-state index is 13.8. The van der Waals surface area contributed by atoms with Gasteiger partial charge in [0.2, 0.25) is 11.6 Å². The van der Waals surface area contributed by atoms with Crippen LogP contribution in [0, 0.1) is 23.3 Å². The van der Waals surface area contributed by atoms with Crippen molar-refractivity contribution in [1.82, 2.24) is 40.4 Å². The fraction of sp³-hybridized carbons (Fsp3) is 0.133. The van der Waals surface area contributed by atoms with Crippen molar-refractivity contribution in [3.05, 3.63) is 108 Å². The molecule has 0 saturated heterocycles. The van der Waals surface area contributed by atoms with Crippen LogP contribution in [0.15, 0.2) is 84.9 Å². The van der Waals surface area contributed by atoms with Gasteiger partial charge >= 0.3 is 7.12 Å². The molecule has 2 aromatic heterocycles. The Morgan fingerprint density at radius 1 is 0.653 bits per heavy atom. The summed E-state index contributed by atoms with van der Waals surface area (Å²) in [5.41, 5.74) is 7.79. The Kier molecular flexibility index (Phi) is 12.8. The number of halogens is 4. The van der Waals surface area contributed by atoms with Crippen LogP contribution in [-0.4, -0.2) is 81.0 Å². The number of tetrazole rings is 2. The molecule has 2 heterocycles. The SMILES string of the molecule is Nc1ccccc1-c1nnn(CCO)n1.OB(O)c1cc(F)ccc1F.OCCn1nnc(-c2ccccc2Nc2cc(F)ccc2F)n1. The largest absolute Gasteiger partial charge is 0.491 e. The molecule has 0 unspecified atom stereocenters. The fourth-order valence-corrected chi connectivity index (χ4v) is 4.01. The van der Waals surface area contributed by atoms with Gasteiger partial charge in [0.25, 0.3) is 0 Å². The summed E-state index contributed by atoms with van der Waals surface area (Å²) in [6.07, 6.45) is 0. The Hall–Kier alpha value is -5.76. The van der Waals surface area contributed by atoms with Gasteiger partial charge in [-0.2, -0.15) is 9.59 Å². The minimum Gasteiger partial charge on any atom is -0.423 e. The minimum atomic E-state index is -1.97. The Morgan fingerprint density at radius 2 is 1.18 bits per heavy atom. The van der Waals surface area contributed by atoms with E-state index in [2.05, 4.69) is 36.1 Å². The Labute approximate surface area is 276 Å². The molecule has 0 spiro atoms. The smallest absolute Gasteiger partial charge is 0.423 e. The topological polar surface area (TPSA) is 206 Å². The number of hydrogen-bond donors (Lipinski definition) is 6. The van der Waals surface area contributed by atoms with E-state index < -0.39 is 35.9 Å². The number of rotatable bonds is 9. The van der Waals surface area contributed by atoms with Crippen molar-refractivity contribution in [3.63, 3.8) is 0 Å². The second kappa shape index (κ2) is 17.4. The van der Waals surface area contributed by atoms with Crippen LogP contribution in [0.1, 0.15) is 0 Å². The van der Waals surface area contributed by atoms with Gasteiger partial charge < -0.3 is 31.3 Å².